The van der Waals surface area contributed by atoms with Crippen molar-refractivity contribution in [3.05, 3.63) is 54.1 Å². The number of hydrogen-bond acceptors (Lipinski definition) is 3. The molecule has 0 saturated heterocycles. The first-order valence-electron chi connectivity index (χ1n) is 5.19. The van der Waals surface area contributed by atoms with E-state index in [4.69, 9.17) is 11.5 Å². The summed E-state index contributed by atoms with van der Waals surface area (Å²) in [4.78, 5) is 0. The van der Waals surface area contributed by atoms with Gasteiger partial charge in [-0.1, -0.05) is 12.1 Å². The number of hydrogen-bond donors (Lipinski definition) is 3. The Bertz CT molecular complexity index is 463. The van der Waals surface area contributed by atoms with Crippen molar-refractivity contribution in [3.8, 4) is 0 Å². The minimum Gasteiger partial charge on any atom is -0.399 e. The molecule has 0 unspecified atom stereocenters. The van der Waals surface area contributed by atoms with Gasteiger partial charge in [-0.05, 0) is 42.0 Å². The molecule has 0 saturated carbocycles. The Kier molecular flexibility index (Phi) is 3.08. The number of nitrogens with two attached hydrogens (primary N) is 2. The third kappa shape index (κ3) is 2.52. The van der Waals surface area contributed by atoms with E-state index in [0.717, 1.165) is 22.6 Å². The predicted molar refractivity (Wildman–Crippen MR) is 68.5 cm³/mol. The van der Waals surface area contributed by atoms with Gasteiger partial charge in [-0.2, -0.15) is 0 Å². The van der Waals surface area contributed by atoms with Crippen molar-refractivity contribution >= 4 is 17.1 Å². The van der Waals surface area contributed by atoms with Gasteiger partial charge in [-0.3, -0.25) is 0 Å². The van der Waals surface area contributed by atoms with Crippen LogP contribution < -0.4 is 16.8 Å². The van der Waals surface area contributed by atoms with Crippen molar-refractivity contribution in [2.24, 2.45) is 5.73 Å². The molecule has 0 heterocycles. The van der Waals surface area contributed by atoms with E-state index in [0.29, 0.717) is 6.54 Å². The number of anilines is 3. The highest BCUT2D eigenvalue weighted by Gasteiger charge is 1.95. The van der Waals surface area contributed by atoms with Gasteiger partial charge in [0.2, 0.25) is 0 Å². The summed E-state index contributed by atoms with van der Waals surface area (Å²) in [5.41, 5.74) is 15.1. The molecule has 0 aliphatic carbocycles. The molecule has 0 amide bonds. The quantitative estimate of drug-likeness (QED) is 0.686. The highest BCUT2D eigenvalue weighted by atomic mass is 14.9. The first-order valence-corrected chi connectivity index (χ1v) is 5.19. The lowest BCUT2D eigenvalue weighted by Gasteiger charge is -2.07. The van der Waals surface area contributed by atoms with Crippen molar-refractivity contribution in [2.75, 3.05) is 11.1 Å². The topological polar surface area (TPSA) is 64.1 Å². The maximum atomic E-state index is 5.62. The van der Waals surface area contributed by atoms with E-state index in [1.807, 2.05) is 48.5 Å². The molecule has 82 valence electrons. The first-order chi connectivity index (χ1) is 7.78. The Hall–Kier alpha value is -2.00. The van der Waals surface area contributed by atoms with Crippen LogP contribution in [-0.2, 0) is 6.54 Å². The zero-order valence-corrected chi connectivity index (χ0v) is 8.98. The van der Waals surface area contributed by atoms with Gasteiger partial charge in [-0.15, -0.1) is 0 Å². The zero-order valence-electron chi connectivity index (χ0n) is 8.98. The Labute approximate surface area is 95.1 Å². The Morgan fingerprint density at radius 2 is 1.69 bits per heavy atom. The molecular formula is C13H15N3. The van der Waals surface area contributed by atoms with Gasteiger partial charge in [0.05, 0.1) is 0 Å². The second-order valence-electron chi connectivity index (χ2n) is 3.65. The van der Waals surface area contributed by atoms with Crippen LogP contribution in [0.4, 0.5) is 17.1 Å². The maximum Gasteiger partial charge on any atom is 0.0387 e. The highest BCUT2D eigenvalue weighted by molar-refractivity contribution is 5.62. The summed E-state index contributed by atoms with van der Waals surface area (Å²) < 4.78 is 0. The molecular weight excluding hydrogens is 198 g/mol. The number of nitrogen functional groups attached to an aromatic ring is 1. The fraction of sp³-hybridized carbons (Fsp3) is 0.0769. The monoisotopic (exact) mass is 213 g/mol. The van der Waals surface area contributed by atoms with Crippen LogP contribution in [0, 0.1) is 0 Å². The summed E-state index contributed by atoms with van der Waals surface area (Å²) in [6.45, 7) is 0.553. The van der Waals surface area contributed by atoms with Crippen LogP contribution in [0.15, 0.2) is 48.5 Å². The lowest BCUT2D eigenvalue weighted by molar-refractivity contribution is 1.07. The van der Waals surface area contributed by atoms with Crippen molar-refractivity contribution < 1.29 is 0 Å². The second-order valence-corrected chi connectivity index (χ2v) is 3.65. The van der Waals surface area contributed by atoms with E-state index in [2.05, 4.69) is 5.32 Å². The van der Waals surface area contributed by atoms with E-state index < -0.39 is 0 Å². The average Bonchev–Trinajstić information content (AvgIpc) is 2.32. The summed E-state index contributed by atoms with van der Waals surface area (Å²) >= 11 is 0. The van der Waals surface area contributed by atoms with Gasteiger partial charge in [0, 0.05) is 23.6 Å². The fourth-order valence-electron chi connectivity index (χ4n) is 1.51. The van der Waals surface area contributed by atoms with E-state index in [9.17, 15) is 0 Å². The molecule has 0 radical (unpaired) electrons. The van der Waals surface area contributed by atoms with E-state index in [1.54, 1.807) is 0 Å². The van der Waals surface area contributed by atoms with Gasteiger partial charge >= 0.3 is 0 Å². The van der Waals surface area contributed by atoms with Crippen LogP contribution in [0.5, 0.6) is 0 Å². The molecule has 2 aromatic carbocycles. The normalized spacial score (nSPS) is 10.1. The van der Waals surface area contributed by atoms with Gasteiger partial charge in [0.1, 0.15) is 0 Å². The van der Waals surface area contributed by atoms with Crippen LogP contribution in [0.1, 0.15) is 5.56 Å². The summed E-state index contributed by atoms with van der Waals surface area (Å²) in [5.74, 6) is 0. The minimum atomic E-state index is 0.553. The molecule has 0 fully saturated rings. The standard InChI is InChI=1S/C13H15N3/c14-9-10-2-1-3-13(8-10)16-12-6-4-11(15)5-7-12/h1-8,16H,9,14-15H2. The largest absolute Gasteiger partial charge is 0.399 e. The van der Waals surface area contributed by atoms with Gasteiger partial charge < -0.3 is 16.8 Å². The number of nitrogens with one attached hydrogen (secondary N) is 1. The average molecular weight is 213 g/mol. The summed E-state index contributed by atoms with van der Waals surface area (Å²) in [6.07, 6.45) is 0. The lowest BCUT2D eigenvalue weighted by atomic mass is 10.2. The molecule has 3 nitrogen and oxygen atoms in total. The molecule has 3 heteroatoms. The molecule has 5 N–H and O–H groups in total. The van der Waals surface area contributed by atoms with Crippen LogP contribution in [0.3, 0.4) is 0 Å². The Morgan fingerprint density at radius 3 is 2.38 bits per heavy atom. The maximum absolute atomic E-state index is 5.62. The molecule has 2 aromatic rings. The lowest BCUT2D eigenvalue weighted by Crippen LogP contribution is -1.97. The van der Waals surface area contributed by atoms with Gasteiger partial charge in [0.25, 0.3) is 0 Å². The van der Waals surface area contributed by atoms with Crippen molar-refractivity contribution in [1.29, 1.82) is 0 Å². The van der Waals surface area contributed by atoms with Crippen LogP contribution in [-0.4, -0.2) is 0 Å². The fourth-order valence-corrected chi connectivity index (χ4v) is 1.51. The Morgan fingerprint density at radius 1 is 0.938 bits per heavy atom. The third-order valence-corrected chi connectivity index (χ3v) is 2.36. The van der Waals surface area contributed by atoms with Crippen molar-refractivity contribution in [2.45, 2.75) is 6.54 Å². The number of rotatable bonds is 3. The second kappa shape index (κ2) is 4.68. The third-order valence-electron chi connectivity index (χ3n) is 2.36. The van der Waals surface area contributed by atoms with Crippen LogP contribution >= 0.6 is 0 Å². The van der Waals surface area contributed by atoms with Gasteiger partial charge in [-0.25, -0.2) is 0 Å². The van der Waals surface area contributed by atoms with E-state index >= 15 is 0 Å². The minimum absolute atomic E-state index is 0.553. The Balaban J connectivity index is 2.16. The van der Waals surface area contributed by atoms with E-state index in [1.165, 1.54) is 0 Å². The summed E-state index contributed by atoms with van der Waals surface area (Å²) in [7, 11) is 0. The molecule has 16 heavy (non-hydrogen) atoms. The SMILES string of the molecule is NCc1cccc(Nc2ccc(N)cc2)c1. The highest BCUT2D eigenvalue weighted by Crippen LogP contribution is 2.18. The first kappa shape index (κ1) is 10.5. The van der Waals surface area contributed by atoms with Gasteiger partial charge in [0.15, 0.2) is 0 Å². The molecule has 0 aliphatic rings. The summed E-state index contributed by atoms with van der Waals surface area (Å²) in [6, 6.07) is 15.7. The smallest absolute Gasteiger partial charge is 0.0387 e. The summed E-state index contributed by atoms with van der Waals surface area (Å²) in [5, 5.41) is 3.29. The molecule has 0 aromatic heterocycles. The molecule has 0 spiro atoms. The van der Waals surface area contributed by atoms with Crippen LogP contribution in [0.2, 0.25) is 0 Å². The van der Waals surface area contributed by atoms with E-state index in [-0.39, 0.29) is 0 Å². The molecule has 2 rings (SSSR count). The zero-order chi connectivity index (χ0) is 11.4. The molecule has 0 bridgehead atoms. The van der Waals surface area contributed by atoms with Crippen molar-refractivity contribution in [1.82, 2.24) is 0 Å². The van der Waals surface area contributed by atoms with Crippen molar-refractivity contribution in [3.63, 3.8) is 0 Å². The number of benzene rings is 2. The van der Waals surface area contributed by atoms with Crippen LogP contribution in [0.25, 0.3) is 0 Å². The molecule has 0 atom stereocenters. The molecule has 0 aliphatic heterocycles. The predicted octanol–water partition coefficient (Wildman–Crippen LogP) is 2.47.